The fourth-order valence-corrected chi connectivity index (χ4v) is 3.77. The maximum atomic E-state index is 12.9. The van der Waals surface area contributed by atoms with Gasteiger partial charge in [-0.25, -0.2) is 4.79 Å². The number of imide groups is 1. The predicted octanol–water partition coefficient (Wildman–Crippen LogP) is 2.51. The Bertz CT molecular complexity index is 701. The summed E-state index contributed by atoms with van der Waals surface area (Å²) < 4.78 is 0. The summed E-state index contributed by atoms with van der Waals surface area (Å²) in [6.45, 7) is 2.75. The molecule has 2 saturated heterocycles. The third-order valence-corrected chi connectivity index (χ3v) is 5.27. The van der Waals surface area contributed by atoms with Crippen LogP contribution < -0.4 is 5.32 Å². The highest BCUT2D eigenvalue weighted by atomic mass is 35.5. The number of benzene rings is 1. The Morgan fingerprint density at radius 3 is 2.44 bits per heavy atom. The molecule has 7 heteroatoms. The van der Waals surface area contributed by atoms with E-state index >= 15 is 0 Å². The Kier molecular flexibility index (Phi) is 4.99. The minimum absolute atomic E-state index is 0.186. The molecule has 2 fully saturated rings. The third-order valence-electron chi connectivity index (χ3n) is 4.94. The van der Waals surface area contributed by atoms with Gasteiger partial charge in [-0.2, -0.15) is 0 Å². The van der Waals surface area contributed by atoms with Crippen LogP contribution in [0.15, 0.2) is 24.3 Å². The fourth-order valence-electron chi connectivity index (χ4n) is 3.45. The van der Waals surface area contributed by atoms with Crippen molar-refractivity contribution in [3.8, 4) is 0 Å². The number of likely N-dealkylation sites (tertiary alicyclic amines) is 1. The number of amides is 4. The Labute approximate surface area is 152 Å². The second-order valence-corrected chi connectivity index (χ2v) is 7.13. The maximum Gasteiger partial charge on any atom is 0.325 e. The standard InChI is InChI=1S/C18H22ClN3O3/c1-18(13-8-4-5-9-14(13)19)16(24)22(17(25)20-18)12-15(23)21-10-6-2-3-7-11-21/h4-5,8-9H,2-3,6-7,10-12H2,1H3,(H,20,25)/t18-/m0/s1. The summed E-state index contributed by atoms with van der Waals surface area (Å²) in [4.78, 5) is 40.5. The van der Waals surface area contributed by atoms with Crippen molar-refractivity contribution in [2.24, 2.45) is 0 Å². The lowest BCUT2D eigenvalue weighted by atomic mass is 9.92. The number of carbonyl (C=O) groups excluding carboxylic acids is 3. The van der Waals surface area contributed by atoms with Gasteiger partial charge in [0.25, 0.3) is 5.91 Å². The van der Waals surface area contributed by atoms with Crippen molar-refractivity contribution < 1.29 is 14.4 Å². The van der Waals surface area contributed by atoms with Gasteiger partial charge < -0.3 is 10.2 Å². The first-order valence-corrected chi connectivity index (χ1v) is 8.98. The molecule has 0 spiro atoms. The molecule has 0 radical (unpaired) electrons. The van der Waals surface area contributed by atoms with E-state index in [9.17, 15) is 14.4 Å². The van der Waals surface area contributed by atoms with E-state index in [1.54, 1.807) is 36.1 Å². The van der Waals surface area contributed by atoms with Gasteiger partial charge in [0.1, 0.15) is 12.1 Å². The van der Waals surface area contributed by atoms with Crippen LogP contribution in [0.3, 0.4) is 0 Å². The average Bonchev–Trinajstić information content (AvgIpc) is 2.81. The molecule has 0 bridgehead atoms. The Morgan fingerprint density at radius 1 is 1.16 bits per heavy atom. The minimum atomic E-state index is -1.26. The number of hydrogen-bond donors (Lipinski definition) is 1. The molecule has 1 atom stereocenters. The lowest BCUT2D eigenvalue weighted by molar-refractivity contribution is -0.138. The molecule has 0 saturated carbocycles. The van der Waals surface area contributed by atoms with E-state index in [4.69, 9.17) is 11.6 Å². The van der Waals surface area contributed by atoms with Crippen LogP contribution in [0.5, 0.6) is 0 Å². The predicted molar refractivity (Wildman–Crippen MR) is 94.1 cm³/mol. The van der Waals surface area contributed by atoms with E-state index in [2.05, 4.69) is 5.32 Å². The van der Waals surface area contributed by atoms with Crippen LogP contribution in [-0.4, -0.2) is 47.3 Å². The number of hydrogen-bond acceptors (Lipinski definition) is 3. The van der Waals surface area contributed by atoms with Gasteiger partial charge in [-0.1, -0.05) is 42.6 Å². The van der Waals surface area contributed by atoms with Gasteiger partial charge in [-0.05, 0) is 25.8 Å². The summed E-state index contributed by atoms with van der Waals surface area (Å²) in [6, 6.07) is 6.34. The van der Waals surface area contributed by atoms with Crippen molar-refractivity contribution in [3.05, 3.63) is 34.9 Å². The van der Waals surface area contributed by atoms with Crippen molar-refractivity contribution in [2.75, 3.05) is 19.6 Å². The summed E-state index contributed by atoms with van der Waals surface area (Å²) in [5.74, 6) is -0.636. The van der Waals surface area contributed by atoms with Gasteiger partial charge in [0.2, 0.25) is 5.91 Å². The molecule has 2 aliphatic rings. The highest BCUT2D eigenvalue weighted by Gasteiger charge is 2.50. The Hall–Kier alpha value is -2.08. The highest BCUT2D eigenvalue weighted by Crippen LogP contribution is 2.33. The zero-order valence-electron chi connectivity index (χ0n) is 14.3. The first-order chi connectivity index (χ1) is 11.9. The van der Waals surface area contributed by atoms with Crippen LogP contribution in [0.1, 0.15) is 38.2 Å². The zero-order valence-corrected chi connectivity index (χ0v) is 15.0. The molecule has 1 N–H and O–H groups in total. The van der Waals surface area contributed by atoms with E-state index < -0.39 is 17.5 Å². The second kappa shape index (κ2) is 7.04. The third kappa shape index (κ3) is 3.35. The smallest absolute Gasteiger partial charge is 0.325 e. The minimum Gasteiger partial charge on any atom is -0.341 e. The van der Waals surface area contributed by atoms with Gasteiger partial charge in [0.15, 0.2) is 0 Å². The van der Waals surface area contributed by atoms with Gasteiger partial charge in [-0.3, -0.25) is 14.5 Å². The lowest BCUT2D eigenvalue weighted by Crippen LogP contribution is -2.44. The van der Waals surface area contributed by atoms with Crippen molar-refractivity contribution in [3.63, 3.8) is 0 Å². The van der Waals surface area contributed by atoms with E-state index in [1.807, 2.05) is 0 Å². The maximum absolute atomic E-state index is 12.9. The fraction of sp³-hybridized carbons (Fsp3) is 0.500. The largest absolute Gasteiger partial charge is 0.341 e. The van der Waals surface area contributed by atoms with Crippen molar-refractivity contribution in [2.45, 2.75) is 38.1 Å². The summed E-state index contributed by atoms with van der Waals surface area (Å²) >= 11 is 6.20. The number of urea groups is 1. The van der Waals surface area contributed by atoms with Crippen molar-refractivity contribution in [1.29, 1.82) is 0 Å². The molecule has 0 aromatic heterocycles. The highest BCUT2D eigenvalue weighted by molar-refractivity contribution is 6.32. The van der Waals surface area contributed by atoms with Crippen molar-refractivity contribution in [1.82, 2.24) is 15.1 Å². The molecule has 2 aliphatic heterocycles. The molecule has 3 rings (SSSR count). The van der Waals surface area contributed by atoms with E-state index in [1.165, 1.54) is 0 Å². The zero-order chi connectivity index (χ0) is 18.0. The first kappa shape index (κ1) is 17.7. The molecule has 2 heterocycles. The second-order valence-electron chi connectivity index (χ2n) is 6.72. The van der Waals surface area contributed by atoms with Crippen LogP contribution in [0, 0.1) is 0 Å². The molecule has 1 aromatic rings. The number of nitrogens with one attached hydrogen (secondary N) is 1. The van der Waals surface area contributed by atoms with Crippen LogP contribution in [0.4, 0.5) is 4.79 Å². The average molecular weight is 364 g/mol. The van der Waals surface area contributed by atoms with Crippen LogP contribution in [0.25, 0.3) is 0 Å². The topological polar surface area (TPSA) is 69.7 Å². The normalized spacial score (nSPS) is 24.2. The molecule has 25 heavy (non-hydrogen) atoms. The number of nitrogens with zero attached hydrogens (tertiary/aromatic N) is 2. The van der Waals surface area contributed by atoms with Gasteiger partial charge >= 0.3 is 6.03 Å². The molecule has 6 nitrogen and oxygen atoms in total. The summed E-state index contributed by atoms with van der Waals surface area (Å²) in [7, 11) is 0. The lowest BCUT2D eigenvalue weighted by Gasteiger charge is -2.25. The van der Waals surface area contributed by atoms with E-state index in [-0.39, 0.29) is 12.5 Å². The molecular weight excluding hydrogens is 342 g/mol. The molecule has 0 unspecified atom stereocenters. The SMILES string of the molecule is C[C@@]1(c2ccccc2Cl)NC(=O)N(CC(=O)N2CCCCCC2)C1=O. The molecular formula is C18H22ClN3O3. The number of rotatable bonds is 3. The van der Waals surface area contributed by atoms with Crippen LogP contribution in [0.2, 0.25) is 5.02 Å². The van der Waals surface area contributed by atoms with E-state index in [0.717, 1.165) is 30.6 Å². The summed E-state index contributed by atoms with van der Waals surface area (Å²) in [6.07, 6.45) is 4.14. The quantitative estimate of drug-likeness (QED) is 0.839. The number of halogens is 1. The van der Waals surface area contributed by atoms with Gasteiger partial charge in [0.05, 0.1) is 0 Å². The molecule has 0 aliphatic carbocycles. The first-order valence-electron chi connectivity index (χ1n) is 8.60. The Morgan fingerprint density at radius 2 is 1.80 bits per heavy atom. The van der Waals surface area contributed by atoms with Gasteiger partial charge in [0, 0.05) is 23.7 Å². The van der Waals surface area contributed by atoms with Crippen LogP contribution >= 0.6 is 11.6 Å². The molecule has 134 valence electrons. The molecule has 4 amide bonds. The number of carbonyl (C=O) groups is 3. The van der Waals surface area contributed by atoms with Crippen molar-refractivity contribution >= 4 is 29.4 Å². The summed E-state index contributed by atoms with van der Waals surface area (Å²) in [5.41, 5.74) is -0.728. The Balaban J connectivity index is 1.77. The summed E-state index contributed by atoms with van der Waals surface area (Å²) in [5, 5.41) is 3.09. The van der Waals surface area contributed by atoms with Gasteiger partial charge in [-0.15, -0.1) is 0 Å². The molecule has 1 aromatic carbocycles. The van der Waals surface area contributed by atoms with Crippen LogP contribution in [-0.2, 0) is 15.1 Å². The van der Waals surface area contributed by atoms with E-state index in [0.29, 0.717) is 23.7 Å². The monoisotopic (exact) mass is 363 g/mol.